The highest BCUT2D eigenvalue weighted by molar-refractivity contribution is 6.11. The van der Waals surface area contributed by atoms with Gasteiger partial charge in [0.15, 0.2) is 0 Å². The minimum Gasteiger partial charge on any atom is -0.309 e. The molecule has 0 fully saturated rings. The first-order chi connectivity index (χ1) is 27.0. The Balaban J connectivity index is 0.934. The zero-order chi connectivity index (χ0) is 36.7. The summed E-state index contributed by atoms with van der Waals surface area (Å²) in [6.07, 6.45) is 4.53. The van der Waals surface area contributed by atoms with Crippen LogP contribution in [0.15, 0.2) is 182 Å². The van der Waals surface area contributed by atoms with Crippen molar-refractivity contribution in [2.24, 2.45) is 0 Å². The highest BCUT2D eigenvalue weighted by Gasteiger charge is 2.35. The highest BCUT2D eigenvalue weighted by Crippen LogP contribution is 2.50. The molecule has 0 atom stereocenters. The van der Waals surface area contributed by atoms with Gasteiger partial charge in [-0.15, -0.1) is 0 Å². The minimum absolute atomic E-state index is 0.129. The van der Waals surface area contributed by atoms with E-state index in [9.17, 15) is 0 Å². The van der Waals surface area contributed by atoms with E-state index in [-0.39, 0.29) is 5.41 Å². The molecule has 2 aromatic heterocycles. The molecule has 0 radical (unpaired) electrons. The van der Waals surface area contributed by atoms with Crippen LogP contribution in [-0.4, -0.2) is 9.13 Å². The maximum atomic E-state index is 2.43. The maximum absolute atomic E-state index is 2.43. The first-order valence-electron chi connectivity index (χ1n) is 19.2. The summed E-state index contributed by atoms with van der Waals surface area (Å²) in [6, 6.07) is 66.7. The molecule has 1 aliphatic carbocycles. The molecule has 0 saturated heterocycles. The summed E-state index contributed by atoms with van der Waals surface area (Å²) in [6.45, 7) is 4.75. The molecule has 10 aromatic rings. The van der Waals surface area contributed by atoms with Crippen LogP contribution in [0.1, 0.15) is 36.1 Å². The quantitative estimate of drug-likeness (QED) is 0.158. The van der Waals surface area contributed by atoms with Crippen molar-refractivity contribution >= 4 is 55.8 Å². The van der Waals surface area contributed by atoms with Gasteiger partial charge in [0.2, 0.25) is 0 Å². The largest absolute Gasteiger partial charge is 0.309 e. The second-order valence-electron chi connectivity index (χ2n) is 15.4. The lowest BCUT2D eigenvalue weighted by atomic mass is 9.81. The molecule has 2 heterocycles. The average molecular weight is 703 g/mol. The van der Waals surface area contributed by atoms with Gasteiger partial charge in [0.25, 0.3) is 0 Å². The Hall–Kier alpha value is -6.90. The van der Waals surface area contributed by atoms with Crippen LogP contribution in [0.4, 0.5) is 0 Å². The van der Waals surface area contributed by atoms with Gasteiger partial charge in [-0.05, 0) is 111 Å². The van der Waals surface area contributed by atoms with E-state index in [0.29, 0.717) is 0 Å². The summed E-state index contributed by atoms with van der Waals surface area (Å²) in [5.74, 6) is 0. The molecule has 1 aliphatic rings. The van der Waals surface area contributed by atoms with Gasteiger partial charge in [-0.3, -0.25) is 0 Å². The molecule has 0 saturated carbocycles. The first kappa shape index (κ1) is 31.6. The molecule has 2 heteroatoms. The SMILES string of the molecule is CC1(C)c2cc(/C=C/c3ccc4c(c3)c3ccccc3n4-c3ccccc3)ccc2-c2ccc(-c3ccc4c(c3)c3ccccc3n4-c3ccccc3)cc21. The molecule has 11 rings (SSSR count). The molecule has 0 amide bonds. The van der Waals surface area contributed by atoms with Crippen LogP contribution in [0.2, 0.25) is 0 Å². The zero-order valence-electron chi connectivity index (χ0n) is 30.9. The van der Waals surface area contributed by atoms with E-state index in [1.54, 1.807) is 0 Å². The van der Waals surface area contributed by atoms with Gasteiger partial charge in [0, 0.05) is 38.3 Å². The van der Waals surface area contributed by atoms with E-state index in [0.717, 1.165) is 0 Å². The maximum Gasteiger partial charge on any atom is 0.0541 e. The summed E-state index contributed by atoms with van der Waals surface area (Å²) in [4.78, 5) is 0. The van der Waals surface area contributed by atoms with E-state index in [1.807, 2.05) is 0 Å². The Labute approximate surface area is 320 Å². The first-order valence-corrected chi connectivity index (χ1v) is 19.2. The molecular formula is C53H38N2. The predicted molar refractivity (Wildman–Crippen MR) is 233 cm³/mol. The van der Waals surface area contributed by atoms with Crippen LogP contribution < -0.4 is 0 Å². The van der Waals surface area contributed by atoms with Crippen molar-refractivity contribution in [3.05, 3.63) is 204 Å². The van der Waals surface area contributed by atoms with Crippen molar-refractivity contribution in [1.82, 2.24) is 9.13 Å². The average Bonchev–Trinajstić information content (AvgIpc) is 3.83. The lowest BCUT2D eigenvalue weighted by molar-refractivity contribution is 0.660. The Morgan fingerprint density at radius 2 is 0.800 bits per heavy atom. The lowest BCUT2D eigenvalue weighted by Gasteiger charge is -2.22. The van der Waals surface area contributed by atoms with Crippen molar-refractivity contribution in [3.63, 3.8) is 0 Å². The van der Waals surface area contributed by atoms with Crippen molar-refractivity contribution < 1.29 is 0 Å². The molecule has 260 valence electrons. The molecule has 0 aliphatic heterocycles. The molecule has 8 aromatic carbocycles. The summed E-state index contributed by atoms with van der Waals surface area (Å²) in [5, 5.41) is 5.09. The van der Waals surface area contributed by atoms with Crippen LogP contribution in [0, 0.1) is 0 Å². The van der Waals surface area contributed by atoms with E-state index in [4.69, 9.17) is 0 Å². The van der Waals surface area contributed by atoms with Crippen LogP contribution in [0.25, 0.3) is 89.4 Å². The number of benzene rings is 8. The summed E-state index contributed by atoms with van der Waals surface area (Å²) in [7, 11) is 0. The number of nitrogens with zero attached hydrogens (tertiary/aromatic N) is 2. The number of para-hydroxylation sites is 4. The molecule has 55 heavy (non-hydrogen) atoms. The Morgan fingerprint density at radius 3 is 1.44 bits per heavy atom. The summed E-state index contributed by atoms with van der Waals surface area (Å²) < 4.78 is 4.75. The zero-order valence-corrected chi connectivity index (χ0v) is 30.9. The Morgan fingerprint density at radius 1 is 0.364 bits per heavy atom. The van der Waals surface area contributed by atoms with Crippen molar-refractivity contribution in [2.45, 2.75) is 19.3 Å². The van der Waals surface area contributed by atoms with Crippen molar-refractivity contribution in [1.29, 1.82) is 0 Å². The normalized spacial score (nSPS) is 13.3. The fraction of sp³-hybridized carbons (Fsp3) is 0.0566. The topological polar surface area (TPSA) is 9.86 Å². The number of hydrogen-bond acceptors (Lipinski definition) is 0. The van der Waals surface area contributed by atoms with Gasteiger partial charge < -0.3 is 9.13 Å². The molecule has 0 unspecified atom stereocenters. The van der Waals surface area contributed by atoms with Crippen LogP contribution >= 0.6 is 0 Å². The smallest absolute Gasteiger partial charge is 0.0541 e. The Kier molecular flexibility index (Phi) is 6.93. The van der Waals surface area contributed by atoms with E-state index in [2.05, 4.69) is 217 Å². The lowest BCUT2D eigenvalue weighted by Crippen LogP contribution is -2.15. The van der Waals surface area contributed by atoms with Gasteiger partial charge in [0.1, 0.15) is 0 Å². The van der Waals surface area contributed by atoms with Gasteiger partial charge in [0.05, 0.1) is 22.1 Å². The van der Waals surface area contributed by atoms with Crippen molar-refractivity contribution in [2.75, 3.05) is 0 Å². The standard InChI is InChI=1S/C53H38N2/c1-53(2)47-32-36(22-21-35-24-29-51-45(31-35)43-17-9-11-19-49(43)54(51)39-13-5-3-6-14-39)23-27-41(47)42-28-25-38(34-48(42)53)37-26-30-52-46(33-37)44-18-10-12-20-50(44)55(52)40-15-7-4-8-16-40/h3-34H,1-2H3/b22-21+. The van der Waals surface area contributed by atoms with Gasteiger partial charge >= 0.3 is 0 Å². The third-order valence-corrected chi connectivity index (χ3v) is 11.9. The molecule has 2 nitrogen and oxygen atoms in total. The van der Waals surface area contributed by atoms with E-state index in [1.165, 1.54) is 99.5 Å². The van der Waals surface area contributed by atoms with Gasteiger partial charge in [-0.25, -0.2) is 0 Å². The predicted octanol–water partition coefficient (Wildman–Crippen LogP) is 14.0. The fourth-order valence-corrected chi connectivity index (χ4v) is 9.19. The van der Waals surface area contributed by atoms with E-state index < -0.39 is 0 Å². The van der Waals surface area contributed by atoms with Crippen molar-refractivity contribution in [3.8, 4) is 33.6 Å². The van der Waals surface area contributed by atoms with E-state index >= 15 is 0 Å². The van der Waals surface area contributed by atoms with Gasteiger partial charge in [-0.1, -0.05) is 141 Å². The number of rotatable bonds is 5. The van der Waals surface area contributed by atoms with Crippen LogP contribution in [0.5, 0.6) is 0 Å². The van der Waals surface area contributed by atoms with Gasteiger partial charge in [-0.2, -0.15) is 0 Å². The third-order valence-electron chi connectivity index (χ3n) is 11.9. The van der Waals surface area contributed by atoms with Crippen LogP contribution in [-0.2, 0) is 5.41 Å². The number of hydrogen-bond donors (Lipinski definition) is 0. The monoisotopic (exact) mass is 702 g/mol. The summed E-state index contributed by atoms with van der Waals surface area (Å²) >= 11 is 0. The third kappa shape index (κ3) is 4.88. The number of fused-ring (bicyclic) bond motifs is 9. The molecule has 0 bridgehead atoms. The number of aromatic nitrogens is 2. The molecular weight excluding hydrogens is 665 g/mol. The summed E-state index contributed by atoms with van der Waals surface area (Å²) in [5.41, 5.74) is 17.5. The second-order valence-corrected chi connectivity index (χ2v) is 15.4. The molecule has 0 N–H and O–H groups in total. The highest BCUT2D eigenvalue weighted by atomic mass is 15.0. The minimum atomic E-state index is -0.129. The fourth-order valence-electron chi connectivity index (χ4n) is 9.19. The van der Waals surface area contributed by atoms with Crippen LogP contribution in [0.3, 0.4) is 0 Å². The molecule has 0 spiro atoms. The second kappa shape index (κ2) is 12.1. The Bertz CT molecular complexity index is 3160.